The van der Waals surface area contributed by atoms with E-state index in [1.165, 1.54) is 25.0 Å². The van der Waals surface area contributed by atoms with Gasteiger partial charge in [0.15, 0.2) is 12.4 Å². The van der Waals surface area contributed by atoms with Crippen LogP contribution in [0.5, 0.6) is 5.75 Å². The van der Waals surface area contributed by atoms with Crippen LogP contribution < -0.4 is 20.3 Å². The number of nitrogens with zero attached hydrogens (tertiary/aromatic N) is 7. The summed E-state index contributed by atoms with van der Waals surface area (Å²) in [4.78, 5) is 57.2. The summed E-state index contributed by atoms with van der Waals surface area (Å²) < 4.78 is 13.6. The van der Waals surface area contributed by atoms with Crippen LogP contribution in [0.4, 0.5) is 23.1 Å². The van der Waals surface area contributed by atoms with Gasteiger partial charge in [-0.05, 0) is 69.4 Å². The maximum atomic E-state index is 12.9. The van der Waals surface area contributed by atoms with Crippen molar-refractivity contribution in [2.45, 2.75) is 38.3 Å². The Balaban J connectivity index is 0.942. The first kappa shape index (κ1) is 33.2. The number of hydrogen-bond acceptors (Lipinski definition) is 11. The molecule has 2 fully saturated rings. The van der Waals surface area contributed by atoms with Crippen LogP contribution in [0.25, 0.3) is 11.0 Å². The maximum absolute atomic E-state index is 12.9. The van der Waals surface area contributed by atoms with E-state index >= 15 is 0 Å². The highest BCUT2D eigenvalue weighted by Gasteiger charge is 2.24. The SMILES string of the molecule is CN(C)COCc1cc2cnc(Nc3ccc(N4CCN(C(=O)/C=C/C(=O)c5ccc6c(c5)NC(=O)CO6)CC4)cn3)nc2n1C1CCCC1. The van der Waals surface area contributed by atoms with Crippen molar-refractivity contribution in [3.8, 4) is 5.75 Å². The third-order valence-electron chi connectivity index (χ3n) is 9.16. The highest BCUT2D eigenvalue weighted by Crippen LogP contribution is 2.35. The van der Waals surface area contributed by atoms with E-state index in [-0.39, 0.29) is 24.2 Å². The molecular formula is C36H41N9O5. The molecule has 0 atom stereocenters. The zero-order valence-electron chi connectivity index (χ0n) is 28.3. The van der Waals surface area contributed by atoms with Crippen molar-refractivity contribution in [1.29, 1.82) is 0 Å². The van der Waals surface area contributed by atoms with Crippen molar-refractivity contribution < 1.29 is 23.9 Å². The smallest absolute Gasteiger partial charge is 0.262 e. The van der Waals surface area contributed by atoms with Crippen LogP contribution in [0.1, 0.15) is 47.8 Å². The molecule has 14 heteroatoms. The Bertz CT molecular complexity index is 1910. The first-order chi connectivity index (χ1) is 24.3. The summed E-state index contributed by atoms with van der Waals surface area (Å²) in [5.74, 6) is 0.798. The van der Waals surface area contributed by atoms with Crippen molar-refractivity contribution in [2.75, 3.05) is 69.1 Å². The second-order valence-corrected chi connectivity index (χ2v) is 13.1. The normalized spacial score (nSPS) is 16.6. The van der Waals surface area contributed by atoms with Crippen molar-refractivity contribution in [3.63, 3.8) is 0 Å². The Morgan fingerprint density at radius 3 is 2.62 bits per heavy atom. The van der Waals surface area contributed by atoms with Crippen molar-refractivity contribution in [2.24, 2.45) is 0 Å². The zero-order valence-corrected chi connectivity index (χ0v) is 28.3. The highest BCUT2D eigenvalue weighted by molar-refractivity contribution is 6.09. The molecule has 5 heterocycles. The van der Waals surface area contributed by atoms with Gasteiger partial charge in [0.1, 0.15) is 17.2 Å². The number of benzene rings is 1. The molecule has 14 nitrogen and oxygen atoms in total. The largest absolute Gasteiger partial charge is 0.482 e. The number of ether oxygens (including phenoxy) is 2. The number of allylic oxidation sites excluding steroid dienone is 1. The number of piperazine rings is 1. The zero-order chi connectivity index (χ0) is 34.6. The average molecular weight is 680 g/mol. The summed E-state index contributed by atoms with van der Waals surface area (Å²) in [5, 5.41) is 6.95. The average Bonchev–Trinajstić information content (AvgIpc) is 3.78. The molecule has 1 aliphatic carbocycles. The van der Waals surface area contributed by atoms with Gasteiger partial charge in [0, 0.05) is 61.1 Å². The Labute approximate surface area is 290 Å². The molecule has 1 saturated heterocycles. The van der Waals surface area contributed by atoms with Gasteiger partial charge in [-0.3, -0.25) is 19.3 Å². The summed E-state index contributed by atoms with van der Waals surface area (Å²) in [7, 11) is 3.98. The fourth-order valence-electron chi connectivity index (χ4n) is 6.67. The third-order valence-corrected chi connectivity index (χ3v) is 9.16. The van der Waals surface area contributed by atoms with Gasteiger partial charge >= 0.3 is 0 Å². The predicted octanol–water partition coefficient (Wildman–Crippen LogP) is 4.14. The molecule has 2 aliphatic heterocycles. The standard InChI is InChI=1S/C36H41N9O5/c1-42(2)23-49-21-28-17-25-19-38-36(41-35(25)45(28)26-5-3-4-6-26)40-32-11-8-27(20-37-32)43-13-15-44(16-14-43)34(48)12-9-30(46)24-7-10-31-29(18-24)39-33(47)22-50-31/h7-12,17-20,26H,3-6,13-16,21-23H2,1-2H3,(H,39,47)(H,37,38,40,41)/b12-9+. The quantitative estimate of drug-likeness (QED) is 0.134. The van der Waals surface area contributed by atoms with E-state index in [2.05, 4.69) is 36.1 Å². The molecule has 2 amide bonds. The molecule has 0 unspecified atom stereocenters. The number of aromatic nitrogens is 4. The fourth-order valence-corrected chi connectivity index (χ4v) is 6.67. The number of pyridine rings is 1. The molecule has 0 spiro atoms. The first-order valence-electron chi connectivity index (χ1n) is 17.0. The predicted molar refractivity (Wildman–Crippen MR) is 189 cm³/mol. The van der Waals surface area contributed by atoms with E-state index < -0.39 is 0 Å². The van der Waals surface area contributed by atoms with Gasteiger partial charge in [0.2, 0.25) is 11.9 Å². The maximum Gasteiger partial charge on any atom is 0.262 e. The topological polar surface area (TPSA) is 147 Å². The number of rotatable bonds is 11. The van der Waals surface area contributed by atoms with Crippen LogP contribution in [0, 0.1) is 0 Å². The van der Waals surface area contributed by atoms with Crippen molar-refractivity contribution in [3.05, 3.63) is 72.2 Å². The van der Waals surface area contributed by atoms with Gasteiger partial charge in [-0.1, -0.05) is 12.8 Å². The molecule has 50 heavy (non-hydrogen) atoms. The lowest BCUT2D eigenvalue weighted by atomic mass is 10.1. The molecule has 1 saturated carbocycles. The molecular weight excluding hydrogens is 638 g/mol. The minimum absolute atomic E-state index is 0.0562. The minimum Gasteiger partial charge on any atom is -0.482 e. The number of fused-ring (bicyclic) bond motifs is 2. The monoisotopic (exact) mass is 679 g/mol. The van der Waals surface area contributed by atoms with Gasteiger partial charge < -0.3 is 34.5 Å². The Morgan fingerprint density at radius 2 is 1.86 bits per heavy atom. The number of carbonyl (C=O) groups is 3. The third kappa shape index (κ3) is 7.45. The van der Waals surface area contributed by atoms with E-state index in [4.69, 9.17) is 14.5 Å². The number of nitrogens with one attached hydrogen (secondary N) is 2. The molecule has 0 bridgehead atoms. The van der Waals surface area contributed by atoms with Crippen molar-refractivity contribution in [1.82, 2.24) is 29.3 Å². The Hall–Kier alpha value is -5.34. The Morgan fingerprint density at radius 1 is 1.04 bits per heavy atom. The molecule has 3 aliphatic rings. The summed E-state index contributed by atoms with van der Waals surface area (Å²) in [6, 6.07) is 11.2. The van der Waals surface area contributed by atoms with Crippen LogP contribution in [-0.2, 0) is 20.9 Å². The summed E-state index contributed by atoms with van der Waals surface area (Å²) >= 11 is 0. The summed E-state index contributed by atoms with van der Waals surface area (Å²) in [5.41, 5.74) is 3.77. The van der Waals surface area contributed by atoms with Gasteiger partial charge in [-0.15, -0.1) is 0 Å². The van der Waals surface area contributed by atoms with Crippen LogP contribution in [0.15, 0.2) is 60.9 Å². The second kappa shape index (κ2) is 14.6. The summed E-state index contributed by atoms with van der Waals surface area (Å²) in [6.07, 6.45) is 10.9. The number of anilines is 4. The van der Waals surface area contributed by atoms with Gasteiger partial charge in [0.05, 0.1) is 30.9 Å². The number of carbonyl (C=O) groups excluding carboxylic acids is 3. The van der Waals surface area contributed by atoms with Gasteiger partial charge in [0.25, 0.3) is 5.91 Å². The van der Waals surface area contributed by atoms with Crippen LogP contribution >= 0.6 is 0 Å². The molecule has 260 valence electrons. The number of ketones is 1. The van der Waals surface area contributed by atoms with E-state index in [1.807, 2.05) is 43.5 Å². The molecule has 3 aromatic heterocycles. The molecule has 7 rings (SSSR count). The highest BCUT2D eigenvalue weighted by atomic mass is 16.5. The van der Waals surface area contributed by atoms with Crippen LogP contribution in [0.3, 0.4) is 0 Å². The number of hydrogen-bond donors (Lipinski definition) is 2. The lowest BCUT2D eigenvalue weighted by Gasteiger charge is -2.35. The van der Waals surface area contributed by atoms with Crippen LogP contribution in [-0.4, -0.2) is 101 Å². The Kier molecular flexibility index (Phi) is 9.72. The van der Waals surface area contributed by atoms with Gasteiger partial charge in [-0.25, -0.2) is 9.97 Å². The van der Waals surface area contributed by atoms with E-state index in [1.54, 1.807) is 23.1 Å². The fraction of sp³-hybridized carbons (Fsp3) is 0.389. The molecule has 4 aromatic rings. The number of amides is 2. The lowest BCUT2D eigenvalue weighted by molar-refractivity contribution is -0.126. The van der Waals surface area contributed by atoms with E-state index in [0.29, 0.717) is 74.3 Å². The molecule has 2 N–H and O–H groups in total. The van der Waals surface area contributed by atoms with Gasteiger partial charge in [-0.2, -0.15) is 4.98 Å². The van der Waals surface area contributed by atoms with E-state index in [0.717, 1.165) is 35.3 Å². The lowest BCUT2D eigenvalue weighted by Crippen LogP contribution is -2.48. The van der Waals surface area contributed by atoms with Crippen LogP contribution in [0.2, 0.25) is 0 Å². The first-order valence-corrected chi connectivity index (χ1v) is 17.0. The summed E-state index contributed by atoms with van der Waals surface area (Å²) in [6.45, 7) is 3.30. The van der Waals surface area contributed by atoms with E-state index in [9.17, 15) is 14.4 Å². The molecule has 1 aromatic carbocycles. The second-order valence-electron chi connectivity index (χ2n) is 13.1. The molecule has 0 radical (unpaired) electrons. The van der Waals surface area contributed by atoms with Crippen molar-refractivity contribution >= 4 is 51.8 Å². The minimum atomic E-state index is -0.331.